The summed E-state index contributed by atoms with van der Waals surface area (Å²) in [5, 5.41) is 0.619. The van der Waals surface area contributed by atoms with Crippen LogP contribution < -0.4 is 9.46 Å². The van der Waals surface area contributed by atoms with Gasteiger partial charge in [0.15, 0.2) is 0 Å². The monoisotopic (exact) mass is 421 g/mol. The zero-order valence-corrected chi connectivity index (χ0v) is 16.9. The topological polar surface area (TPSA) is 72.5 Å². The molecular formula is C19H16ClNO4S2. The Morgan fingerprint density at radius 3 is 2.44 bits per heavy atom. The summed E-state index contributed by atoms with van der Waals surface area (Å²) in [6, 6.07) is 15.2. The quantitative estimate of drug-likeness (QED) is 0.658. The van der Waals surface area contributed by atoms with Crippen molar-refractivity contribution >= 4 is 38.9 Å². The van der Waals surface area contributed by atoms with Crippen LogP contribution in [0.15, 0.2) is 59.5 Å². The second-order valence-electron chi connectivity index (χ2n) is 5.74. The summed E-state index contributed by atoms with van der Waals surface area (Å²) in [6.45, 7) is 1.66. The van der Waals surface area contributed by atoms with Gasteiger partial charge in [-0.05, 0) is 48.4 Å². The van der Waals surface area contributed by atoms with Gasteiger partial charge in [0, 0.05) is 16.0 Å². The van der Waals surface area contributed by atoms with Gasteiger partial charge in [0.05, 0.1) is 16.9 Å². The Labute approximate surface area is 166 Å². The van der Waals surface area contributed by atoms with E-state index in [4.69, 9.17) is 16.3 Å². The molecule has 0 spiro atoms. The molecule has 1 amide bonds. The number of nitrogens with one attached hydrogen (secondary N) is 1. The number of ether oxygens (including phenoxy) is 1. The fraction of sp³-hybridized carbons (Fsp3) is 0.105. The summed E-state index contributed by atoms with van der Waals surface area (Å²) in [5.41, 5.74) is 1.42. The van der Waals surface area contributed by atoms with Crippen LogP contribution in [-0.4, -0.2) is 21.4 Å². The molecule has 0 radical (unpaired) electrons. The minimum absolute atomic E-state index is 0.00433. The van der Waals surface area contributed by atoms with E-state index in [-0.39, 0.29) is 4.90 Å². The molecular weight excluding hydrogens is 406 g/mol. The number of carbonyl (C=O) groups excluding carboxylic acids is 1. The fourth-order valence-electron chi connectivity index (χ4n) is 2.45. The van der Waals surface area contributed by atoms with Crippen LogP contribution in [0.3, 0.4) is 0 Å². The van der Waals surface area contributed by atoms with E-state index in [9.17, 15) is 13.2 Å². The average molecular weight is 422 g/mol. The van der Waals surface area contributed by atoms with Gasteiger partial charge in [-0.3, -0.25) is 4.79 Å². The molecule has 0 unspecified atom stereocenters. The Bertz CT molecular complexity index is 1090. The van der Waals surface area contributed by atoms with Crippen molar-refractivity contribution in [2.75, 3.05) is 7.11 Å². The van der Waals surface area contributed by atoms with Gasteiger partial charge in [-0.2, -0.15) is 0 Å². The normalized spacial score (nSPS) is 11.2. The number of benzene rings is 2. The molecule has 1 aromatic heterocycles. The lowest BCUT2D eigenvalue weighted by Crippen LogP contribution is -2.30. The maximum Gasteiger partial charge on any atom is 0.275 e. The highest BCUT2D eigenvalue weighted by Crippen LogP contribution is 2.29. The molecule has 0 aliphatic heterocycles. The first kappa shape index (κ1) is 19.4. The van der Waals surface area contributed by atoms with Gasteiger partial charge in [0.2, 0.25) is 0 Å². The number of carbonyl (C=O) groups is 1. The van der Waals surface area contributed by atoms with Crippen molar-refractivity contribution in [3.63, 3.8) is 0 Å². The summed E-state index contributed by atoms with van der Waals surface area (Å²) in [6.07, 6.45) is 0. The van der Waals surface area contributed by atoms with Crippen LogP contribution in [0.1, 0.15) is 15.2 Å². The number of hydrogen-bond donors (Lipinski definition) is 1. The molecule has 0 aliphatic rings. The molecule has 5 nitrogen and oxygen atoms in total. The average Bonchev–Trinajstić information content (AvgIpc) is 3.12. The van der Waals surface area contributed by atoms with Crippen LogP contribution in [0, 0.1) is 6.92 Å². The van der Waals surface area contributed by atoms with Crippen molar-refractivity contribution in [1.29, 1.82) is 0 Å². The molecule has 3 rings (SSSR count). The Balaban J connectivity index is 1.84. The minimum atomic E-state index is -4.02. The SMILES string of the molecule is COc1ccc(C)c(S(=O)(=O)NC(=O)c2ccc(-c3ccc(Cl)cc3)s2)c1. The number of methoxy groups -OCH3 is 1. The van der Waals surface area contributed by atoms with Crippen LogP contribution in [0.4, 0.5) is 0 Å². The maximum atomic E-state index is 12.6. The van der Waals surface area contributed by atoms with Gasteiger partial charge >= 0.3 is 0 Å². The second kappa shape index (κ2) is 7.72. The lowest BCUT2D eigenvalue weighted by atomic mass is 10.2. The van der Waals surface area contributed by atoms with E-state index >= 15 is 0 Å². The Morgan fingerprint density at radius 2 is 1.78 bits per heavy atom. The molecule has 0 atom stereocenters. The Morgan fingerprint density at radius 1 is 1.07 bits per heavy atom. The largest absolute Gasteiger partial charge is 0.497 e. The van der Waals surface area contributed by atoms with Crippen molar-refractivity contribution in [2.45, 2.75) is 11.8 Å². The van der Waals surface area contributed by atoms with Crippen molar-refractivity contribution in [2.24, 2.45) is 0 Å². The molecule has 0 aliphatic carbocycles. The van der Waals surface area contributed by atoms with E-state index in [0.717, 1.165) is 10.4 Å². The number of rotatable bonds is 5. The van der Waals surface area contributed by atoms with Gasteiger partial charge < -0.3 is 4.74 Å². The third-order valence-electron chi connectivity index (χ3n) is 3.87. The summed E-state index contributed by atoms with van der Waals surface area (Å²) >= 11 is 7.09. The minimum Gasteiger partial charge on any atom is -0.497 e. The van der Waals surface area contributed by atoms with Crippen LogP contribution in [0.25, 0.3) is 10.4 Å². The lowest BCUT2D eigenvalue weighted by Gasteiger charge is -2.10. The van der Waals surface area contributed by atoms with Gasteiger partial charge in [-0.1, -0.05) is 29.8 Å². The number of sulfonamides is 1. The van der Waals surface area contributed by atoms with Gasteiger partial charge in [-0.15, -0.1) is 11.3 Å². The molecule has 1 N–H and O–H groups in total. The van der Waals surface area contributed by atoms with Crippen molar-refractivity contribution in [1.82, 2.24) is 4.72 Å². The molecule has 27 heavy (non-hydrogen) atoms. The summed E-state index contributed by atoms with van der Waals surface area (Å²) < 4.78 is 32.4. The molecule has 0 bridgehead atoms. The molecule has 1 heterocycles. The maximum absolute atomic E-state index is 12.6. The Hall–Kier alpha value is -2.35. The smallest absolute Gasteiger partial charge is 0.275 e. The van der Waals surface area contributed by atoms with E-state index in [1.54, 1.807) is 43.3 Å². The number of halogens is 1. The first-order chi connectivity index (χ1) is 12.8. The van der Waals surface area contributed by atoms with Crippen LogP contribution in [-0.2, 0) is 10.0 Å². The van der Waals surface area contributed by atoms with Crippen molar-refractivity contribution < 1.29 is 17.9 Å². The lowest BCUT2D eigenvalue weighted by molar-refractivity contribution is 0.0985. The number of amides is 1. The first-order valence-corrected chi connectivity index (χ1v) is 10.6. The number of hydrogen-bond acceptors (Lipinski definition) is 5. The zero-order valence-electron chi connectivity index (χ0n) is 14.5. The summed E-state index contributed by atoms with van der Waals surface area (Å²) in [5.74, 6) is -0.281. The number of thiophene rings is 1. The summed E-state index contributed by atoms with van der Waals surface area (Å²) in [4.78, 5) is 13.6. The zero-order chi connectivity index (χ0) is 19.6. The highest BCUT2D eigenvalue weighted by Gasteiger charge is 2.22. The molecule has 3 aromatic rings. The van der Waals surface area contributed by atoms with E-state index in [0.29, 0.717) is 21.2 Å². The molecule has 140 valence electrons. The summed E-state index contributed by atoms with van der Waals surface area (Å²) in [7, 11) is -2.57. The highest BCUT2D eigenvalue weighted by atomic mass is 35.5. The fourth-order valence-corrected chi connectivity index (χ4v) is 4.78. The molecule has 0 saturated carbocycles. The number of aryl methyl sites for hydroxylation is 1. The first-order valence-electron chi connectivity index (χ1n) is 7.88. The van der Waals surface area contributed by atoms with Crippen LogP contribution in [0.5, 0.6) is 5.75 Å². The molecule has 8 heteroatoms. The molecule has 0 fully saturated rings. The van der Waals surface area contributed by atoms with Gasteiger partial charge in [-0.25, -0.2) is 13.1 Å². The van der Waals surface area contributed by atoms with Gasteiger partial charge in [0.1, 0.15) is 5.75 Å². The molecule has 0 saturated heterocycles. The van der Waals surface area contributed by atoms with Crippen LogP contribution in [0.2, 0.25) is 5.02 Å². The third kappa shape index (κ3) is 4.32. The van der Waals surface area contributed by atoms with Crippen LogP contribution >= 0.6 is 22.9 Å². The highest BCUT2D eigenvalue weighted by molar-refractivity contribution is 7.90. The predicted molar refractivity (Wildman–Crippen MR) is 107 cm³/mol. The van der Waals surface area contributed by atoms with E-state index in [1.165, 1.54) is 24.5 Å². The standard InChI is InChI=1S/C19H16ClNO4S2/c1-12-3-8-15(25-2)11-18(12)27(23,24)21-19(22)17-10-9-16(26-17)13-4-6-14(20)7-5-13/h3-11H,1-2H3,(H,21,22). The second-order valence-corrected chi connectivity index (χ2v) is 8.91. The van der Waals surface area contributed by atoms with E-state index in [1.807, 2.05) is 12.1 Å². The van der Waals surface area contributed by atoms with E-state index in [2.05, 4.69) is 4.72 Å². The van der Waals surface area contributed by atoms with Gasteiger partial charge in [0.25, 0.3) is 15.9 Å². The third-order valence-corrected chi connectivity index (χ3v) is 6.73. The Kier molecular flexibility index (Phi) is 5.55. The molecule has 2 aromatic carbocycles. The predicted octanol–water partition coefficient (Wildman–Crippen LogP) is 4.50. The van der Waals surface area contributed by atoms with E-state index < -0.39 is 15.9 Å². The van der Waals surface area contributed by atoms with Crippen molar-refractivity contribution in [3.05, 3.63) is 70.1 Å². The van der Waals surface area contributed by atoms with Crippen molar-refractivity contribution in [3.8, 4) is 16.2 Å².